The van der Waals surface area contributed by atoms with Gasteiger partial charge in [-0.05, 0) is 36.8 Å². The van der Waals surface area contributed by atoms with Crippen LogP contribution in [0.2, 0.25) is 0 Å². The van der Waals surface area contributed by atoms with E-state index >= 15 is 0 Å². The number of imidazole rings is 1. The van der Waals surface area contributed by atoms with Gasteiger partial charge in [-0.2, -0.15) is 0 Å². The summed E-state index contributed by atoms with van der Waals surface area (Å²) in [6, 6.07) is 12.6. The summed E-state index contributed by atoms with van der Waals surface area (Å²) in [5.74, 6) is -0.202. The molecule has 1 atom stereocenters. The van der Waals surface area contributed by atoms with E-state index in [-0.39, 0.29) is 11.1 Å². The first-order valence-electron chi connectivity index (χ1n) is 6.08. The standard InChI is InChI=1S/C15H13FN2S/c1-11(12-5-7-13(16)8-6-12)19-15-17-10-14-4-2-3-9-18(14)15/h2-11H,1H3. The molecular formula is C15H13FN2S. The zero-order chi connectivity index (χ0) is 13.2. The van der Waals surface area contributed by atoms with Crippen molar-refractivity contribution in [1.82, 2.24) is 9.38 Å². The molecule has 96 valence electrons. The van der Waals surface area contributed by atoms with Gasteiger partial charge in [0.25, 0.3) is 0 Å². The van der Waals surface area contributed by atoms with E-state index in [0.29, 0.717) is 0 Å². The number of aromatic nitrogens is 2. The van der Waals surface area contributed by atoms with Crippen molar-refractivity contribution >= 4 is 17.3 Å². The maximum atomic E-state index is 12.9. The Kier molecular flexibility index (Phi) is 3.25. The summed E-state index contributed by atoms with van der Waals surface area (Å²) in [7, 11) is 0. The van der Waals surface area contributed by atoms with E-state index < -0.39 is 0 Å². The molecule has 1 unspecified atom stereocenters. The average Bonchev–Trinajstić information content (AvgIpc) is 2.83. The highest BCUT2D eigenvalue weighted by molar-refractivity contribution is 7.99. The minimum Gasteiger partial charge on any atom is -0.295 e. The highest BCUT2D eigenvalue weighted by atomic mass is 32.2. The van der Waals surface area contributed by atoms with Gasteiger partial charge in [0, 0.05) is 11.4 Å². The first-order chi connectivity index (χ1) is 9.24. The minimum absolute atomic E-state index is 0.202. The van der Waals surface area contributed by atoms with Crippen molar-refractivity contribution < 1.29 is 4.39 Å². The number of benzene rings is 1. The zero-order valence-corrected chi connectivity index (χ0v) is 11.3. The summed E-state index contributed by atoms with van der Waals surface area (Å²) in [6.07, 6.45) is 3.86. The number of halogens is 1. The van der Waals surface area contributed by atoms with Gasteiger partial charge in [-0.25, -0.2) is 9.37 Å². The van der Waals surface area contributed by atoms with E-state index in [1.165, 1.54) is 12.1 Å². The second-order valence-electron chi connectivity index (χ2n) is 4.35. The molecule has 1 aromatic carbocycles. The fourth-order valence-electron chi connectivity index (χ4n) is 1.97. The molecule has 0 N–H and O–H groups in total. The third kappa shape index (κ3) is 2.49. The molecule has 2 nitrogen and oxygen atoms in total. The Morgan fingerprint density at radius 1 is 1.16 bits per heavy atom. The fraction of sp³-hybridized carbons (Fsp3) is 0.133. The number of pyridine rings is 1. The van der Waals surface area contributed by atoms with Crippen LogP contribution in [-0.2, 0) is 0 Å². The van der Waals surface area contributed by atoms with Gasteiger partial charge < -0.3 is 0 Å². The van der Waals surface area contributed by atoms with Crippen LogP contribution in [0.1, 0.15) is 17.7 Å². The van der Waals surface area contributed by atoms with E-state index in [0.717, 1.165) is 16.2 Å². The predicted octanol–water partition coefficient (Wildman–Crippen LogP) is 4.33. The van der Waals surface area contributed by atoms with Crippen molar-refractivity contribution in [3.05, 3.63) is 66.2 Å². The van der Waals surface area contributed by atoms with Gasteiger partial charge in [0.05, 0.1) is 11.7 Å². The van der Waals surface area contributed by atoms with Crippen LogP contribution in [0.3, 0.4) is 0 Å². The van der Waals surface area contributed by atoms with Gasteiger partial charge >= 0.3 is 0 Å². The Hall–Kier alpha value is -1.81. The van der Waals surface area contributed by atoms with Crippen LogP contribution in [0.5, 0.6) is 0 Å². The maximum Gasteiger partial charge on any atom is 0.173 e. The fourth-order valence-corrected chi connectivity index (χ4v) is 2.97. The summed E-state index contributed by atoms with van der Waals surface area (Å²) in [6.45, 7) is 2.10. The quantitative estimate of drug-likeness (QED) is 0.660. The molecule has 2 heterocycles. The average molecular weight is 272 g/mol. The number of hydrogen-bond acceptors (Lipinski definition) is 2. The molecule has 3 aromatic rings. The van der Waals surface area contributed by atoms with Crippen LogP contribution in [0.15, 0.2) is 60.0 Å². The van der Waals surface area contributed by atoms with Crippen LogP contribution in [0.25, 0.3) is 5.52 Å². The lowest BCUT2D eigenvalue weighted by molar-refractivity contribution is 0.627. The Morgan fingerprint density at radius 3 is 2.74 bits per heavy atom. The molecule has 0 aliphatic carbocycles. The lowest BCUT2D eigenvalue weighted by atomic mass is 10.2. The van der Waals surface area contributed by atoms with Crippen molar-refractivity contribution in [2.24, 2.45) is 0 Å². The molecule has 2 aromatic heterocycles. The first kappa shape index (κ1) is 12.2. The van der Waals surface area contributed by atoms with Crippen LogP contribution >= 0.6 is 11.8 Å². The van der Waals surface area contributed by atoms with Crippen LogP contribution in [0.4, 0.5) is 4.39 Å². The summed E-state index contributed by atoms with van der Waals surface area (Å²) >= 11 is 1.67. The smallest absolute Gasteiger partial charge is 0.173 e. The van der Waals surface area contributed by atoms with Gasteiger partial charge in [-0.15, -0.1) is 0 Å². The number of nitrogens with zero attached hydrogens (tertiary/aromatic N) is 2. The van der Waals surface area contributed by atoms with E-state index in [9.17, 15) is 4.39 Å². The topological polar surface area (TPSA) is 17.3 Å². The first-order valence-corrected chi connectivity index (χ1v) is 6.96. The molecule has 0 radical (unpaired) electrons. The molecule has 0 spiro atoms. The van der Waals surface area contributed by atoms with Gasteiger partial charge in [0.2, 0.25) is 0 Å². The number of rotatable bonds is 3. The lowest BCUT2D eigenvalue weighted by Crippen LogP contribution is -1.92. The molecular weight excluding hydrogens is 259 g/mol. The Bertz CT molecular complexity index is 691. The zero-order valence-electron chi connectivity index (χ0n) is 10.5. The number of thioether (sulfide) groups is 1. The van der Waals surface area contributed by atoms with Crippen LogP contribution in [0, 0.1) is 5.82 Å². The molecule has 0 fully saturated rings. The largest absolute Gasteiger partial charge is 0.295 e. The second-order valence-corrected chi connectivity index (χ2v) is 5.66. The van der Waals surface area contributed by atoms with Gasteiger partial charge in [-0.1, -0.05) is 30.0 Å². The molecule has 4 heteroatoms. The lowest BCUT2D eigenvalue weighted by Gasteiger charge is -2.10. The third-order valence-electron chi connectivity index (χ3n) is 3.03. The van der Waals surface area contributed by atoms with E-state index in [1.54, 1.807) is 11.8 Å². The summed E-state index contributed by atoms with van der Waals surface area (Å²) in [4.78, 5) is 4.43. The van der Waals surface area contributed by atoms with Crippen molar-refractivity contribution in [2.75, 3.05) is 0 Å². The summed E-state index contributed by atoms with van der Waals surface area (Å²) in [5, 5.41) is 1.18. The van der Waals surface area contributed by atoms with Crippen LogP contribution < -0.4 is 0 Å². The van der Waals surface area contributed by atoms with E-state index in [2.05, 4.69) is 16.3 Å². The molecule has 0 bridgehead atoms. The minimum atomic E-state index is -0.202. The maximum absolute atomic E-state index is 12.9. The van der Waals surface area contributed by atoms with Crippen molar-refractivity contribution in [3.63, 3.8) is 0 Å². The molecule has 0 saturated heterocycles. The summed E-state index contributed by atoms with van der Waals surface area (Å²) < 4.78 is 15.0. The Morgan fingerprint density at radius 2 is 1.95 bits per heavy atom. The van der Waals surface area contributed by atoms with E-state index in [4.69, 9.17) is 0 Å². The summed E-state index contributed by atoms with van der Waals surface area (Å²) in [5.41, 5.74) is 2.18. The predicted molar refractivity (Wildman–Crippen MR) is 75.9 cm³/mol. The number of hydrogen-bond donors (Lipinski definition) is 0. The van der Waals surface area contributed by atoms with Gasteiger partial charge in [0.1, 0.15) is 5.82 Å². The number of fused-ring (bicyclic) bond motifs is 1. The van der Waals surface area contributed by atoms with Gasteiger partial charge in [-0.3, -0.25) is 4.40 Å². The monoisotopic (exact) mass is 272 g/mol. The van der Waals surface area contributed by atoms with E-state index in [1.807, 2.05) is 42.7 Å². The third-order valence-corrected chi connectivity index (χ3v) is 4.16. The Balaban J connectivity index is 1.86. The normalized spacial score (nSPS) is 12.7. The Labute approximate surface area is 115 Å². The van der Waals surface area contributed by atoms with Gasteiger partial charge in [0.15, 0.2) is 5.16 Å². The molecule has 0 saturated carbocycles. The molecule has 0 amide bonds. The van der Waals surface area contributed by atoms with Crippen molar-refractivity contribution in [2.45, 2.75) is 17.3 Å². The van der Waals surface area contributed by atoms with Crippen molar-refractivity contribution in [1.29, 1.82) is 0 Å². The van der Waals surface area contributed by atoms with Crippen molar-refractivity contribution in [3.8, 4) is 0 Å². The van der Waals surface area contributed by atoms with Crippen LogP contribution in [-0.4, -0.2) is 9.38 Å². The molecule has 3 rings (SSSR count). The second kappa shape index (κ2) is 5.05. The molecule has 19 heavy (non-hydrogen) atoms. The SMILES string of the molecule is CC(Sc1ncc2ccccn12)c1ccc(F)cc1. The highest BCUT2D eigenvalue weighted by Gasteiger charge is 2.11. The molecule has 0 aliphatic heterocycles. The molecule has 0 aliphatic rings. The highest BCUT2D eigenvalue weighted by Crippen LogP contribution is 2.34.